The van der Waals surface area contributed by atoms with Crippen molar-refractivity contribution in [3.8, 4) is 0 Å². The molecule has 0 bridgehead atoms. The van der Waals surface area contributed by atoms with Crippen molar-refractivity contribution in [3.63, 3.8) is 0 Å². The summed E-state index contributed by atoms with van der Waals surface area (Å²) < 4.78 is 2.02. The Labute approximate surface area is 77.6 Å². The van der Waals surface area contributed by atoms with E-state index in [0.29, 0.717) is 5.82 Å². The predicted molar refractivity (Wildman–Crippen MR) is 48.2 cm³/mol. The fourth-order valence-electron chi connectivity index (χ4n) is 1.64. The summed E-state index contributed by atoms with van der Waals surface area (Å²) in [4.78, 5) is 0. The number of rotatable bonds is 3. The third-order valence-corrected chi connectivity index (χ3v) is 2.82. The number of aliphatic hydroxyl groups is 1. The first kappa shape index (κ1) is 8.69. The first-order valence-electron chi connectivity index (χ1n) is 4.74. The molecule has 1 heterocycles. The number of aromatic nitrogens is 3. The predicted octanol–water partition coefficient (Wildman–Crippen LogP) is 0.842. The quantitative estimate of drug-likeness (QED) is 0.751. The van der Waals surface area contributed by atoms with Crippen molar-refractivity contribution in [1.82, 2.24) is 14.8 Å². The van der Waals surface area contributed by atoms with Crippen LogP contribution in [0.3, 0.4) is 0 Å². The molecule has 1 aromatic rings. The van der Waals surface area contributed by atoms with Gasteiger partial charge >= 0.3 is 0 Å². The zero-order chi connectivity index (χ0) is 9.47. The summed E-state index contributed by atoms with van der Waals surface area (Å²) in [5, 5.41) is 17.1. The van der Waals surface area contributed by atoms with E-state index in [2.05, 4.69) is 24.0 Å². The lowest BCUT2D eigenvalue weighted by Crippen LogP contribution is -2.12. The fourth-order valence-corrected chi connectivity index (χ4v) is 1.64. The van der Waals surface area contributed by atoms with Gasteiger partial charge in [-0.3, -0.25) is 0 Å². The molecule has 4 nitrogen and oxygen atoms in total. The molecule has 0 aromatic carbocycles. The SMILES string of the molecule is CCn1c(CO)nnc1C1(C)CC1. The summed E-state index contributed by atoms with van der Waals surface area (Å²) in [6.07, 6.45) is 2.38. The van der Waals surface area contributed by atoms with Gasteiger partial charge in [-0.15, -0.1) is 10.2 Å². The molecular weight excluding hydrogens is 166 g/mol. The van der Waals surface area contributed by atoms with Gasteiger partial charge in [-0.1, -0.05) is 6.92 Å². The molecule has 0 aliphatic heterocycles. The molecule has 0 unspecified atom stereocenters. The molecule has 0 spiro atoms. The van der Waals surface area contributed by atoms with E-state index >= 15 is 0 Å². The van der Waals surface area contributed by atoms with Gasteiger partial charge in [-0.25, -0.2) is 0 Å². The Hall–Kier alpha value is -0.900. The van der Waals surface area contributed by atoms with Crippen LogP contribution in [0.15, 0.2) is 0 Å². The Morgan fingerprint density at radius 3 is 2.62 bits per heavy atom. The molecule has 0 radical (unpaired) electrons. The second-order valence-electron chi connectivity index (χ2n) is 3.90. The average Bonchev–Trinajstić information content (AvgIpc) is 2.75. The minimum absolute atomic E-state index is 0.0169. The molecule has 0 saturated heterocycles. The van der Waals surface area contributed by atoms with Crippen molar-refractivity contribution < 1.29 is 5.11 Å². The number of hydrogen-bond acceptors (Lipinski definition) is 3. The minimum atomic E-state index is -0.0169. The van der Waals surface area contributed by atoms with E-state index < -0.39 is 0 Å². The molecule has 0 atom stereocenters. The van der Waals surface area contributed by atoms with Gasteiger partial charge in [0.25, 0.3) is 0 Å². The van der Waals surface area contributed by atoms with Gasteiger partial charge in [0.15, 0.2) is 5.82 Å². The van der Waals surface area contributed by atoms with E-state index in [1.54, 1.807) is 0 Å². The third-order valence-electron chi connectivity index (χ3n) is 2.82. The number of aliphatic hydroxyl groups excluding tert-OH is 1. The minimum Gasteiger partial charge on any atom is -0.388 e. The Kier molecular flexibility index (Phi) is 1.87. The summed E-state index contributed by atoms with van der Waals surface area (Å²) in [5.74, 6) is 1.73. The molecular formula is C9H15N3O. The smallest absolute Gasteiger partial charge is 0.158 e. The maximum Gasteiger partial charge on any atom is 0.158 e. The zero-order valence-electron chi connectivity index (χ0n) is 8.12. The molecule has 1 N–H and O–H groups in total. The molecule has 4 heteroatoms. The van der Waals surface area contributed by atoms with E-state index in [9.17, 15) is 0 Å². The number of hydrogen-bond donors (Lipinski definition) is 1. The molecule has 0 amide bonds. The van der Waals surface area contributed by atoms with Crippen LogP contribution in [-0.2, 0) is 18.6 Å². The maximum absolute atomic E-state index is 9.03. The van der Waals surface area contributed by atoms with Gasteiger partial charge in [0.2, 0.25) is 0 Å². The van der Waals surface area contributed by atoms with Gasteiger partial charge < -0.3 is 9.67 Å². The molecule has 1 fully saturated rings. The van der Waals surface area contributed by atoms with Crippen LogP contribution >= 0.6 is 0 Å². The molecule has 1 aliphatic rings. The normalized spacial score (nSPS) is 19.0. The Bertz CT molecular complexity index is 315. The van der Waals surface area contributed by atoms with E-state index in [0.717, 1.165) is 12.4 Å². The second kappa shape index (κ2) is 2.80. The van der Waals surface area contributed by atoms with E-state index in [1.807, 2.05) is 4.57 Å². The van der Waals surface area contributed by atoms with E-state index in [1.165, 1.54) is 12.8 Å². The highest BCUT2D eigenvalue weighted by atomic mass is 16.3. The van der Waals surface area contributed by atoms with Crippen molar-refractivity contribution in [2.24, 2.45) is 0 Å². The van der Waals surface area contributed by atoms with Gasteiger partial charge in [-0.05, 0) is 19.8 Å². The highest BCUT2D eigenvalue weighted by molar-refractivity contribution is 5.17. The Balaban J connectivity index is 2.40. The van der Waals surface area contributed by atoms with Gasteiger partial charge in [0.05, 0.1) is 0 Å². The summed E-state index contributed by atoms with van der Waals surface area (Å²) in [5.41, 5.74) is 0.233. The molecule has 72 valence electrons. The second-order valence-corrected chi connectivity index (χ2v) is 3.90. The summed E-state index contributed by atoms with van der Waals surface area (Å²) in [6, 6.07) is 0. The average molecular weight is 181 g/mol. The van der Waals surface area contributed by atoms with Crippen LogP contribution in [0, 0.1) is 0 Å². The van der Waals surface area contributed by atoms with Crippen molar-refractivity contribution in [1.29, 1.82) is 0 Å². The van der Waals surface area contributed by atoms with E-state index in [4.69, 9.17) is 5.11 Å². The zero-order valence-corrected chi connectivity index (χ0v) is 8.12. The van der Waals surface area contributed by atoms with Gasteiger partial charge in [-0.2, -0.15) is 0 Å². The Morgan fingerprint density at radius 1 is 1.46 bits per heavy atom. The monoisotopic (exact) mass is 181 g/mol. The molecule has 1 aliphatic carbocycles. The van der Waals surface area contributed by atoms with Gasteiger partial charge in [0.1, 0.15) is 12.4 Å². The summed E-state index contributed by atoms with van der Waals surface area (Å²) >= 11 is 0. The van der Waals surface area contributed by atoms with Crippen molar-refractivity contribution >= 4 is 0 Å². The van der Waals surface area contributed by atoms with Crippen molar-refractivity contribution in [2.45, 2.75) is 45.3 Å². The highest BCUT2D eigenvalue weighted by Gasteiger charge is 2.43. The van der Waals surface area contributed by atoms with Crippen LogP contribution in [0.5, 0.6) is 0 Å². The molecule has 1 saturated carbocycles. The molecule has 13 heavy (non-hydrogen) atoms. The van der Waals surface area contributed by atoms with Crippen LogP contribution in [-0.4, -0.2) is 19.9 Å². The van der Waals surface area contributed by atoms with Crippen molar-refractivity contribution in [2.75, 3.05) is 0 Å². The van der Waals surface area contributed by atoms with Crippen LogP contribution in [0.4, 0.5) is 0 Å². The summed E-state index contributed by atoms with van der Waals surface area (Å²) in [7, 11) is 0. The van der Waals surface area contributed by atoms with Crippen LogP contribution in [0.2, 0.25) is 0 Å². The van der Waals surface area contributed by atoms with Gasteiger partial charge in [0, 0.05) is 12.0 Å². The molecule has 2 rings (SSSR count). The lowest BCUT2D eigenvalue weighted by molar-refractivity contribution is 0.264. The summed E-state index contributed by atoms with van der Waals surface area (Å²) in [6.45, 7) is 5.08. The Morgan fingerprint density at radius 2 is 2.15 bits per heavy atom. The maximum atomic E-state index is 9.03. The largest absolute Gasteiger partial charge is 0.388 e. The van der Waals surface area contributed by atoms with Crippen LogP contribution < -0.4 is 0 Å². The van der Waals surface area contributed by atoms with Crippen molar-refractivity contribution in [3.05, 3.63) is 11.6 Å². The lowest BCUT2D eigenvalue weighted by Gasteiger charge is -2.10. The fraction of sp³-hybridized carbons (Fsp3) is 0.778. The van der Waals surface area contributed by atoms with Crippen LogP contribution in [0.25, 0.3) is 0 Å². The lowest BCUT2D eigenvalue weighted by atomic mass is 10.1. The third kappa shape index (κ3) is 1.25. The standard InChI is InChI=1S/C9H15N3O/c1-3-12-7(6-13)10-11-8(12)9(2)4-5-9/h13H,3-6H2,1-2H3. The first-order chi connectivity index (χ1) is 6.21. The topological polar surface area (TPSA) is 50.9 Å². The number of nitrogens with zero attached hydrogens (tertiary/aromatic N) is 3. The molecule has 1 aromatic heterocycles. The van der Waals surface area contributed by atoms with Crippen LogP contribution in [0.1, 0.15) is 38.3 Å². The van der Waals surface area contributed by atoms with E-state index in [-0.39, 0.29) is 12.0 Å². The first-order valence-corrected chi connectivity index (χ1v) is 4.74. The highest BCUT2D eigenvalue weighted by Crippen LogP contribution is 2.46.